The van der Waals surface area contributed by atoms with E-state index in [0.717, 1.165) is 5.06 Å². The zero-order valence-electron chi connectivity index (χ0n) is 5.08. The van der Waals surface area contributed by atoms with Crippen LogP contribution in [0.15, 0.2) is 12.5 Å². The fourth-order valence-electron chi connectivity index (χ4n) is 0.708. The molecule has 0 aromatic heterocycles. The lowest BCUT2D eigenvalue weighted by atomic mass is 10.4. The molecule has 1 aliphatic heterocycles. The minimum absolute atomic E-state index is 0.0949. The minimum Gasteiger partial charge on any atom is -0.471 e. The van der Waals surface area contributed by atoms with Crippen LogP contribution in [0.4, 0.5) is 0 Å². The Morgan fingerprint density at radius 1 is 2.00 bits per heavy atom. The van der Waals surface area contributed by atoms with Crippen molar-refractivity contribution >= 4 is 0 Å². The molecule has 0 aromatic carbocycles. The normalized spacial score (nSPS) is 26.7. The van der Waals surface area contributed by atoms with E-state index >= 15 is 0 Å². The van der Waals surface area contributed by atoms with Gasteiger partial charge in [-0.05, 0) is 6.58 Å². The zero-order valence-corrected chi connectivity index (χ0v) is 5.08. The molecular formula is C5H10N2O2. The summed E-state index contributed by atoms with van der Waals surface area (Å²) >= 11 is 0. The molecule has 0 spiro atoms. The third-order valence-corrected chi connectivity index (χ3v) is 1.23. The van der Waals surface area contributed by atoms with E-state index in [4.69, 9.17) is 15.7 Å². The lowest BCUT2D eigenvalue weighted by Gasteiger charge is -2.02. The van der Waals surface area contributed by atoms with Crippen LogP contribution in [0.25, 0.3) is 0 Å². The summed E-state index contributed by atoms with van der Waals surface area (Å²) in [7, 11) is 0. The highest BCUT2D eigenvalue weighted by atomic mass is 16.6. The van der Waals surface area contributed by atoms with E-state index < -0.39 is 0 Å². The van der Waals surface area contributed by atoms with E-state index in [1.54, 1.807) is 0 Å². The number of hydroxylamine groups is 2. The molecule has 0 radical (unpaired) electrons. The first-order valence-corrected chi connectivity index (χ1v) is 2.76. The average Bonchev–Trinajstić information content (AvgIpc) is 2.13. The molecule has 1 atom stereocenters. The van der Waals surface area contributed by atoms with Crippen LogP contribution in [0.5, 0.6) is 0 Å². The van der Waals surface area contributed by atoms with Gasteiger partial charge in [0.15, 0.2) is 0 Å². The van der Waals surface area contributed by atoms with E-state index in [9.17, 15) is 0 Å². The maximum absolute atomic E-state index is 8.85. The van der Waals surface area contributed by atoms with E-state index in [1.807, 2.05) is 0 Å². The van der Waals surface area contributed by atoms with E-state index in [-0.39, 0.29) is 12.0 Å². The second kappa shape index (κ2) is 2.24. The Balaban J connectivity index is 2.44. The van der Waals surface area contributed by atoms with Crippen molar-refractivity contribution in [3.8, 4) is 0 Å². The first-order chi connectivity index (χ1) is 4.24. The quantitative estimate of drug-likeness (QED) is 0.502. The maximum atomic E-state index is 8.85. The van der Waals surface area contributed by atoms with Crippen molar-refractivity contribution in [3.63, 3.8) is 0 Å². The number of nitrogens with two attached hydrogens (primary N) is 1. The van der Waals surface area contributed by atoms with E-state index in [2.05, 4.69) is 6.58 Å². The number of nitrogens with zero attached hydrogens (tertiary/aromatic N) is 1. The monoisotopic (exact) mass is 130 g/mol. The van der Waals surface area contributed by atoms with Gasteiger partial charge in [0, 0.05) is 6.54 Å². The summed E-state index contributed by atoms with van der Waals surface area (Å²) in [6.45, 7) is 4.27. The van der Waals surface area contributed by atoms with Crippen LogP contribution in [-0.2, 0) is 4.74 Å². The maximum Gasteiger partial charge on any atom is 0.206 e. The Bertz CT molecular complexity index is 126. The van der Waals surface area contributed by atoms with E-state index in [0.29, 0.717) is 13.1 Å². The Hall–Kier alpha value is -0.740. The Kier molecular flexibility index (Phi) is 1.59. The standard InChI is InChI=1S/C5H10N2O2/c1-4-7(8)3-5(2-6)9-4/h5,8H,1-3,6H2/t5-/m0/s1. The summed E-state index contributed by atoms with van der Waals surface area (Å²) in [5.41, 5.74) is 5.25. The second-order valence-electron chi connectivity index (χ2n) is 1.95. The molecule has 3 N–H and O–H groups in total. The lowest BCUT2D eigenvalue weighted by Crippen LogP contribution is -2.24. The van der Waals surface area contributed by atoms with Gasteiger partial charge in [0.25, 0.3) is 0 Å². The van der Waals surface area contributed by atoms with Crippen LogP contribution < -0.4 is 5.73 Å². The number of hydrogen-bond donors (Lipinski definition) is 2. The van der Waals surface area contributed by atoms with Crippen molar-refractivity contribution in [1.82, 2.24) is 5.06 Å². The summed E-state index contributed by atoms with van der Waals surface area (Å²) < 4.78 is 4.98. The van der Waals surface area contributed by atoms with Crippen molar-refractivity contribution in [1.29, 1.82) is 0 Å². The molecule has 0 unspecified atom stereocenters. The minimum atomic E-state index is -0.0949. The SMILES string of the molecule is C=C1O[C@@H](CN)CN1O. The molecule has 1 fully saturated rings. The molecule has 4 nitrogen and oxygen atoms in total. The molecular weight excluding hydrogens is 120 g/mol. The van der Waals surface area contributed by atoms with Gasteiger partial charge in [0.2, 0.25) is 5.88 Å². The first-order valence-electron chi connectivity index (χ1n) is 2.76. The molecule has 52 valence electrons. The van der Waals surface area contributed by atoms with Gasteiger partial charge in [-0.3, -0.25) is 5.21 Å². The highest BCUT2D eigenvalue weighted by Gasteiger charge is 2.23. The second-order valence-corrected chi connectivity index (χ2v) is 1.95. The van der Waals surface area contributed by atoms with Crippen molar-refractivity contribution < 1.29 is 9.94 Å². The van der Waals surface area contributed by atoms with Crippen molar-refractivity contribution in [3.05, 3.63) is 12.5 Å². The fourth-order valence-corrected chi connectivity index (χ4v) is 0.708. The summed E-state index contributed by atoms with van der Waals surface area (Å²) in [5, 5.41) is 9.81. The predicted molar refractivity (Wildman–Crippen MR) is 31.6 cm³/mol. The van der Waals surface area contributed by atoms with Gasteiger partial charge in [0.05, 0.1) is 6.54 Å². The van der Waals surface area contributed by atoms with Gasteiger partial charge in [-0.15, -0.1) is 0 Å². The van der Waals surface area contributed by atoms with Crippen LogP contribution in [-0.4, -0.2) is 29.5 Å². The molecule has 0 bridgehead atoms. The lowest BCUT2D eigenvalue weighted by molar-refractivity contribution is -0.0515. The molecule has 0 saturated carbocycles. The van der Waals surface area contributed by atoms with Crippen LogP contribution in [0.3, 0.4) is 0 Å². The molecule has 9 heavy (non-hydrogen) atoms. The molecule has 1 aliphatic rings. The van der Waals surface area contributed by atoms with Crippen LogP contribution >= 0.6 is 0 Å². The van der Waals surface area contributed by atoms with Crippen molar-refractivity contribution in [2.24, 2.45) is 5.73 Å². The first kappa shape index (κ1) is 6.38. The Morgan fingerprint density at radius 2 is 2.67 bits per heavy atom. The highest BCUT2D eigenvalue weighted by molar-refractivity contribution is 4.88. The zero-order chi connectivity index (χ0) is 6.85. The Morgan fingerprint density at radius 3 is 2.89 bits per heavy atom. The van der Waals surface area contributed by atoms with Gasteiger partial charge < -0.3 is 10.5 Å². The van der Waals surface area contributed by atoms with E-state index in [1.165, 1.54) is 0 Å². The number of ether oxygens (including phenoxy) is 1. The topological polar surface area (TPSA) is 58.7 Å². The third-order valence-electron chi connectivity index (χ3n) is 1.23. The number of hydrogen-bond acceptors (Lipinski definition) is 4. The predicted octanol–water partition coefficient (Wildman–Crippen LogP) is -0.494. The number of rotatable bonds is 1. The van der Waals surface area contributed by atoms with Gasteiger partial charge in [0.1, 0.15) is 6.10 Å². The summed E-state index contributed by atoms with van der Waals surface area (Å²) in [6.07, 6.45) is -0.0949. The summed E-state index contributed by atoms with van der Waals surface area (Å²) in [4.78, 5) is 0. The summed E-state index contributed by atoms with van der Waals surface area (Å²) in [5.74, 6) is 0.283. The molecule has 1 rings (SSSR count). The molecule has 0 aliphatic carbocycles. The Labute approximate surface area is 53.5 Å². The van der Waals surface area contributed by atoms with Crippen LogP contribution in [0, 0.1) is 0 Å². The highest BCUT2D eigenvalue weighted by Crippen LogP contribution is 2.13. The fraction of sp³-hybridized carbons (Fsp3) is 0.600. The molecule has 0 amide bonds. The van der Waals surface area contributed by atoms with Gasteiger partial charge in [-0.2, -0.15) is 0 Å². The van der Waals surface area contributed by atoms with Gasteiger partial charge >= 0.3 is 0 Å². The third kappa shape index (κ3) is 1.14. The average molecular weight is 130 g/mol. The van der Waals surface area contributed by atoms with Crippen molar-refractivity contribution in [2.75, 3.05) is 13.1 Å². The van der Waals surface area contributed by atoms with Crippen molar-refractivity contribution in [2.45, 2.75) is 6.10 Å². The van der Waals surface area contributed by atoms with Crippen LogP contribution in [0.1, 0.15) is 0 Å². The molecule has 1 heterocycles. The largest absolute Gasteiger partial charge is 0.471 e. The summed E-state index contributed by atoms with van der Waals surface area (Å²) in [6, 6.07) is 0. The molecule has 0 aromatic rings. The smallest absolute Gasteiger partial charge is 0.206 e. The van der Waals surface area contributed by atoms with Crippen LogP contribution in [0.2, 0.25) is 0 Å². The molecule has 4 heteroatoms. The molecule has 1 saturated heterocycles. The van der Waals surface area contributed by atoms with Gasteiger partial charge in [-0.25, -0.2) is 5.06 Å². The van der Waals surface area contributed by atoms with Gasteiger partial charge in [-0.1, -0.05) is 0 Å².